The zero-order valence-electron chi connectivity index (χ0n) is 11.1. The Labute approximate surface area is 115 Å². The molecule has 1 aromatic rings. The molecule has 0 heterocycles. The second kappa shape index (κ2) is 7.41. The number of aliphatic hydroxyl groups is 2. The summed E-state index contributed by atoms with van der Waals surface area (Å²) < 4.78 is 0. The van der Waals surface area contributed by atoms with E-state index in [9.17, 15) is 14.9 Å². The summed E-state index contributed by atoms with van der Waals surface area (Å²) in [7, 11) is 1.63. The zero-order valence-corrected chi connectivity index (χ0v) is 11.1. The Morgan fingerprint density at radius 2 is 1.95 bits per heavy atom. The fourth-order valence-corrected chi connectivity index (χ4v) is 1.75. The number of nitro groups is 1. The lowest BCUT2D eigenvalue weighted by atomic mass is 10.1. The van der Waals surface area contributed by atoms with Gasteiger partial charge in [-0.15, -0.1) is 0 Å². The number of amides is 1. The molecule has 0 fully saturated rings. The van der Waals surface area contributed by atoms with Gasteiger partial charge in [0.15, 0.2) is 0 Å². The molecule has 0 spiro atoms. The maximum Gasteiger partial charge on any atom is 0.282 e. The molecule has 0 aliphatic rings. The Balaban J connectivity index is 3.19. The number of nitro benzene ring substituents is 1. The first kappa shape index (κ1) is 15.9. The van der Waals surface area contributed by atoms with E-state index in [0.717, 1.165) is 0 Å². The normalized spacial score (nSPS) is 10.2. The highest BCUT2D eigenvalue weighted by Gasteiger charge is 2.24. The van der Waals surface area contributed by atoms with Crippen LogP contribution in [0.15, 0.2) is 18.2 Å². The Morgan fingerprint density at radius 1 is 1.35 bits per heavy atom. The van der Waals surface area contributed by atoms with Crippen molar-refractivity contribution < 1.29 is 19.9 Å². The van der Waals surface area contributed by atoms with Gasteiger partial charge in [0.25, 0.3) is 11.6 Å². The topological polar surface area (TPSA) is 116 Å². The first-order valence-corrected chi connectivity index (χ1v) is 6.02. The van der Waals surface area contributed by atoms with E-state index in [0.29, 0.717) is 5.69 Å². The Hall–Kier alpha value is -2.19. The molecule has 1 amide bonds. The monoisotopic (exact) mass is 283 g/mol. The third-order valence-electron chi connectivity index (χ3n) is 2.74. The minimum atomic E-state index is -0.636. The highest BCUT2D eigenvalue weighted by atomic mass is 16.6. The molecule has 0 saturated carbocycles. The number of benzene rings is 1. The molecule has 1 rings (SSSR count). The van der Waals surface area contributed by atoms with Crippen LogP contribution in [0.5, 0.6) is 0 Å². The zero-order chi connectivity index (χ0) is 15.1. The summed E-state index contributed by atoms with van der Waals surface area (Å²) in [5.41, 5.74) is 0.172. The highest BCUT2D eigenvalue weighted by Crippen LogP contribution is 2.24. The van der Waals surface area contributed by atoms with Crippen LogP contribution in [0.25, 0.3) is 0 Å². The molecule has 0 unspecified atom stereocenters. The van der Waals surface area contributed by atoms with Crippen molar-refractivity contribution in [1.82, 2.24) is 4.90 Å². The second-order valence-corrected chi connectivity index (χ2v) is 3.98. The smallest absolute Gasteiger partial charge is 0.282 e. The third kappa shape index (κ3) is 3.65. The number of hydrogen-bond donors (Lipinski definition) is 3. The molecule has 20 heavy (non-hydrogen) atoms. The van der Waals surface area contributed by atoms with E-state index in [4.69, 9.17) is 10.2 Å². The fraction of sp³-hybridized carbons (Fsp3) is 0.417. The van der Waals surface area contributed by atoms with Crippen LogP contribution in [0.3, 0.4) is 0 Å². The van der Waals surface area contributed by atoms with E-state index in [1.165, 1.54) is 23.1 Å². The van der Waals surface area contributed by atoms with Gasteiger partial charge >= 0.3 is 0 Å². The van der Waals surface area contributed by atoms with Gasteiger partial charge in [-0.05, 0) is 12.1 Å². The SMILES string of the molecule is CNc1ccc([N+](=O)[O-])c(C(=O)N(CCO)CCO)c1. The number of nitrogens with zero attached hydrogens (tertiary/aromatic N) is 2. The number of anilines is 1. The van der Waals surface area contributed by atoms with Gasteiger partial charge in [-0.3, -0.25) is 14.9 Å². The number of nitrogens with one attached hydrogen (secondary N) is 1. The van der Waals surface area contributed by atoms with Crippen molar-refractivity contribution in [1.29, 1.82) is 0 Å². The van der Waals surface area contributed by atoms with Crippen molar-refractivity contribution in [2.75, 3.05) is 38.7 Å². The van der Waals surface area contributed by atoms with Gasteiger partial charge in [0, 0.05) is 31.9 Å². The minimum Gasteiger partial charge on any atom is -0.395 e. The molecule has 1 aromatic carbocycles. The molecule has 0 radical (unpaired) electrons. The van der Waals surface area contributed by atoms with Crippen LogP contribution < -0.4 is 5.32 Å². The van der Waals surface area contributed by atoms with E-state index in [1.807, 2.05) is 0 Å². The number of hydrogen-bond acceptors (Lipinski definition) is 6. The van der Waals surface area contributed by atoms with Gasteiger partial charge in [-0.2, -0.15) is 0 Å². The quantitative estimate of drug-likeness (QED) is 0.481. The first-order chi connectivity index (χ1) is 9.54. The van der Waals surface area contributed by atoms with Crippen molar-refractivity contribution in [3.05, 3.63) is 33.9 Å². The van der Waals surface area contributed by atoms with Gasteiger partial charge in [0.1, 0.15) is 5.56 Å². The Bertz CT molecular complexity index is 486. The number of rotatable bonds is 7. The molecule has 8 nitrogen and oxygen atoms in total. The molecular formula is C12H17N3O5. The summed E-state index contributed by atoms with van der Waals surface area (Å²) in [6.07, 6.45) is 0. The molecule has 3 N–H and O–H groups in total. The number of carbonyl (C=O) groups is 1. The van der Waals surface area contributed by atoms with Gasteiger partial charge in [-0.1, -0.05) is 0 Å². The summed E-state index contributed by atoms with van der Waals surface area (Å²) in [6, 6.07) is 4.12. The summed E-state index contributed by atoms with van der Waals surface area (Å²) in [4.78, 5) is 23.8. The van der Waals surface area contributed by atoms with Gasteiger partial charge < -0.3 is 20.4 Å². The standard InChI is InChI=1S/C12H17N3O5/c1-13-9-2-3-11(15(19)20)10(8-9)12(18)14(4-6-16)5-7-17/h2-3,8,13,16-17H,4-7H2,1H3. The Morgan fingerprint density at radius 3 is 2.40 bits per heavy atom. The molecule has 8 heteroatoms. The average molecular weight is 283 g/mol. The van der Waals surface area contributed by atoms with Crippen molar-refractivity contribution >= 4 is 17.3 Å². The lowest BCUT2D eigenvalue weighted by molar-refractivity contribution is -0.385. The van der Waals surface area contributed by atoms with Crippen LogP contribution in [0, 0.1) is 10.1 Å². The predicted octanol–water partition coefficient (Wildman–Crippen LogP) is 0.0633. The summed E-state index contributed by atoms with van der Waals surface area (Å²) >= 11 is 0. The lowest BCUT2D eigenvalue weighted by Crippen LogP contribution is -2.36. The second-order valence-electron chi connectivity index (χ2n) is 3.98. The van der Waals surface area contributed by atoms with Crippen molar-refractivity contribution in [2.45, 2.75) is 0 Å². The molecule has 0 bridgehead atoms. The van der Waals surface area contributed by atoms with E-state index in [2.05, 4.69) is 5.32 Å². The lowest BCUT2D eigenvalue weighted by Gasteiger charge is -2.20. The van der Waals surface area contributed by atoms with Crippen molar-refractivity contribution in [3.63, 3.8) is 0 Å². The molecule has 0 aliphatic heterocycles. The third-order valence-corrected chi connectivity index (χ3v) is 2.74. The summed E-state index contributed by atoms with van der Waals surface area (Å²) in [6.45, 7) is -0.572. The minimum absolute atomic E-state index is 0.000326. The predicted molar refractivity (Wildman–Crippen MR) is 72.7 cm³/mol. The highest BCUT2D eigenvalue weighted by molar-refractivity contribution is 5.99. The van der Waals surface area contributed by atoms with Crippen molar-refractivity contribution in [3.8, 4) is 0 Å². The van der Waals surface area contributed by atoms with Crippen LogP contribution in [0.2, 0.25) is 0 Å². The first-order valence-electron chi connectivity index (χ1n) is 6.02. The largest absolute Gasteiger partial charge is 0.395 e. The van der Waals surface area contributed by atoms with Crippen LogP contribution in [0.4, 0.5) is 11.4 Å². The van der Waals surface area contributed by atoms with Crippen LogP contribution in [-0.4, -0.2) is 59.3 Å². The Kier molecular flexibility index (Phi) is 5.88. The molecular weight excluding hydrogens is 266 g/mol. The van der Waals surface area contributed by atoms with E-state index in [1.54, 1.807) is 7.05 Å². The van der Waals surface area contributed by atoms with Crippen molar-refractivity contribution in [2.24, 2.45) is 0 Å². The molecule has 0 atom stereocenters. The van der Waals surface area contributed by atoms with E-state index >= 15 is 0 Å². The van der Waals surface area contributed by atoms with Gasteiger partial charge in [0.2, 0.25) is 0 Å². The van der Waals surface area contributed by atoms with Crippen LogP contribution in [-0.2, 0) is 0 Å². The molecule has 0 aliphatic carbocycles. The van der Waals surface area contributed by atoms with E-state index < -0.39 is 10.8 Å². The molecule has 0 saturated heterocycles. The maximum atomic E-state index is 12.3. The molecule has 0 aromatic heterocycles. The number of carbonyl (C=O) groups excluding carboxylic acids is 1. The van der Waals surface area contributed by atoms with Crippen LogP contribution >= 0.6 is 0 Å². The van der Waals surface area contributed by atoms with Gasteiger partial charge in [-0.25, -0.2) is 0 Å². The average Bonchev–Trinajstić information content (AvgIpc) is 2.45. The van der Waals surface area contributed by atoms with E-state index in [-0.39, 0.29) is 37.6 Å². The summed E-state index contributed by atoms with van der Waals surface area (Å²) in [5.74, 6) is -0.600. The fourth-order valence-electron chi connectivity index (χ4n) is 1.75. The maximum absolute atomic E-state index is 12.3. The molecule has 110 valence electrons. The number of aliphatic hydroxyl groups excluding tert-OH is 2. The summed E-state index contributed by atoms with van der Waals surface area (Å²) in [5, 5.41) is 31.6. The van der Waals surface area contributed by atoms with Gasteiger partial charge in [0.05, 0.1) is 18.1 Å². The van der Waals surface area contributed by atoms with Crippen LogP contribution in [0.1, 0.15) is 10.4 Å².